The number of benzene rings is 2. The second-order valence-corrected chi connectivity index (χ2v) is 8.13. The summed E-state index contributed by atoms with van der Waals surface area (Å²) in [5.41, 5.74) is 1.13. The van der Waals surface area contributed by atoms with Crippen molar-refractivity contribution in [1.82, 2.24) is 18.7 Å². The van der Waals surface area contributed by atoms with Crippen molar-refractivity contribution in [1.29, 1.82) is 0 Å². The van der Waals surface area contributed by atoms with Gasteiger partial charge in [-0.3, -0.25) is 9.36 Å². The maximum atomic E-state index is 13.5. The van der Waals surface area contributed by atoms with Crippen LogP contribution in [0.1, 0.15) is 25.8 Å². The number of aromatic nitrogens is 4. The average Bonchev–Trinajstić information content (AvgIpc) is 3.18. The molecule has 2 aromatic carbocycles. The van der Waals surface area contributed by atoms with Gasteiger partial charge in [-0.2, -0.15) is 0 Å². The van der Waals surface area contributed by atoms with Crippen LogP contribution in [0.15, 0.2) is 64.4 Å². The first-order valence-electron chi connectivity index (χ1n) is 10.5. The van der Waals surface area contributed by atoms with E-state index in [9.17, 15) is 14.0 Å². The largest absolute Gasteiger partial charge is 0.497 e. The van der Waals surface area contributed by atoms with Crippen molar-refractivity contribution in [2.24, 2.45) is 5.92 Å². The van der Waals surface area contributed by atoms with Gasteiger partial charge in [0.05, 0.1) is 19.1 Å². The minimum atomic E-state index is -0.482. The number of rotatable bonds is 7. The lowest BCUT2D eigenvalue weighted by molar-refractivity contribution is 0.414. The van der Waals surface area contributed by atoms with E-state index in [1.165, 1.54) is 33.4 Å². The van der Waals surface area contributed by atoms with Crippen molar-refractivity contribution >= 4 is 11.2 Å². The Morgan fingerprint density at radius 2 is 1.72 bits per heavy atom. The smallest absolute Gasteiger partial charge is 0.337 e. The molecule has 0 unspecified atom stereocenters. The van der Waals surface area contributed by atoms with Crippen LogP contribution in [-0.2, 0) is 13.1 Å². The van der Waals surface area contributed by atoms with Gasteiger partial charge in [0.1, 0.15) is 11.6 Å². The molecule has 0 radical (unpaired) electrons. The van der Waals surface area contributed by atoms with Gasteiger partial charge in [0, 0.05) is 13.1 Å². The Balaban J connectivity index is 1.91. The van der Waals surface area contributed by atoms with Crippen LogP contribution in [0.4, 0.5) is 4.39 Å². The van der Waals surface area contributed by atoms with Gasteiger partial charge >= 0.3 is 5.69 Å². The summed E-state index contributed by atoms with van der Waals surface area (Å²) < 4.78 is 23.1. The van der Waals surface area contributed by atoms with Crippen molar-refractivity contribution < 1.29 is 9.13 Å². The number of hydrogen-bond donors (Lipinski definition) is 0. The monoisotopic (exact) mass is 436 g/mol. The molecule has 0 aliphatic heterocycles. The van der Waals surface area contributed by atoms with Gasteiger partial charge in [0.25, 0.3) is 5.56 Å². The highest BCUT2D eigenvalue weighted by Gasteiger charge is 2.19. The number of ether oxygens (including phenoxy) is 1. The predicted octanol–water partition coefficient (Wildman–Crippen LogP) is 3.59. The van der Waals surface area contributed by atoms with E-state index < -0.39 is 11.5 Å². The first-order valence-corrected chi connectivity index (χ1v) is 10.5. The molecule has 4 aromatic rings. The van der Waals surface area contributed by atoms with Crippen LogP contribution in [-0.4, -0.2) is 25.8 Å². The Hall–Kier alpha value is -3.68. The molecule has 0 saturated heterocycles. The molecule has 0 N–H and O–H groups in total. The third-order valence-corrected chi connectivity index (χ3v) is 5.43. The molecule has 0 aliphatic carbocycles. The van der Waals surface area contributed by atoms with E-state index in [1.807, 2.05) is 38.1 Å². The van der Waals surface area contributed by atoms with Crippen LogP contribution < -0.4 is 16.0 Å². The van der Waals surface area contributed by atoms with Crippen LogP contribution in [0, 0.1) is 11.7 Å². The zero-order valence-electron chi connectivity index (χ0n) is 18.3. The van der Waals surface area contributed by atoms with Crippen molar-refractivity contribution in [3.63, 3.8) is 0 Å². The minimum Gasteiger partial charge on any atom is -0.497 e. The number of hydrogen-bond acceptors (Lipinski definition) is 4. The second kappa shape index (κ2) is 8.82. The van der Waals surface area contributed by atoms with Gasteiger partial charge in [0.15, 0.2) is 11.2 Å². The van der Waals surface area contributed by atoms with E-state index in [0.29, 0.717) is 36.6 Å². The van der Waals surface area contributed by atoms with Gasteiger partial charge in [-0.15, -0.1) is 0 Å². The van der Waals surface area contributed by atoms with Crippen molar-refractivity contribution in [3.8, 4) is 11.4 Å². The lowest BCUT2D eigenvalue weighted by Crippen LogP contribution is -2.40. The lowest BCUT2D eigenvalue weighted by Gasteiger charge is -2.14. The quantitative estimate of drug-likeness (QED) is 0.444. The number of imidazole rings is 1. The second-order valence-electron chi connectivity index (χ2n) is 8.13. The van der Waals surface area contributed by atoms with E-state index in [-0.39, 0.29) is 11.2 Å². The summed E-state index contributed by atoms with van der Waals surface area (Å²) in [6.07, 6.45) is 2.24. The summed E-state index contributed by atoms with van der Waals surface area (Å²) in [6.45, 7) is 4.77. The molecular weight excluding hydrogens is 411 g/mol. The van der Waals surface area contributed by atoms with Gasteiger partial charge < -0.3 is 9.30 Å². The molecule has 0 bridgehead atoms. The molecule has 166 valence electrons. The van der Waals surface area contributed by atoms with Crippen LogP contribution in [0.5, 0.6) is 5.75 Å². The molecule has 0 saturated carbocycles. The minimum absolute atomic E-state index is 0.251. The zero-order chi connectivity index (χ0) is 22.8. The molecule has 2 aromatic heterocycles. The highest BCUT2D eigenvalue weighted by molar-refractivity contribution is 5.72. The molecule has 8 heteroatoms. The van der Waals surface area contributed by atoms with Crippen molar-refractivity contribution in [2.45, 2.75) is 33.4 Å². The zero-order valence-corrected chi connectivity index (χ0v) is 18.3. The maximum absolute atomic E-state index is 13.5. The lowest BCUT2D eigenvalue weighted by atomic mass is 10.1. The molecule has 0 spiro atoms. The standard InChI is InChI=1S/C24H25FN4O3/c1-16(2)12-13-28-23(30)21-22(29(24(28)31)19-8-6-18(25)7-9-19)26-15-27(21)14-17-4-10-20(32-3)11-5-17/h4-11,15-16H,12-14H2,1-3H3. The summed E-state index contributed by atoms with van der Waals surface area (Å²) in [4.78, 5) is 31.1. The molecule has 2 heterocycles. The summed E-state index contributed by atoms with van der Waals surface area (Å²) in [7, 11) is 1.60. The molecule has 4 rings (SSSR count). The van der Waals surface area contributed by atoms with E-state index >= 15 is 0 Å². The summed E-state index contributed by atoms with van der Waals surface area (Å²) in [6, 6.07) is 13.1. The Kier molecular flexibility index (Phi) is 5.94. The van der Waals surface area contributed by atoms with Crippen LogP contribution in [0.25, 0.3) is 16.9 Å². The first kappa shape index (κ1) is 21.5. The molecule has 7 nitrogen and oxygen atoms in total. The molecule has 32 heavy (non-hydrogen) atoms. The topological polar surface area (TPSA) is 71.1 Å². The van der Waals surface area contributed by atoms with E-state index in [4.69, 9.17) is 4.74 Å². The molecule has 0 amide bonds. The third-order valence-electron chi connectivity index (χ3n) is 5.43. The van der Waals surface area contributed by atoms with Gasteiger partial charge in [0.2, 0.25) is 0 Å². The highest BCUT2D eigenvalue weighted by Crippen LogP contribution is 2.17. The van der Waals surface area contributed by atoms with Crippen molar-refractivity contribution in [2.75, 3.05) is 7.11 Å². The van der Waals surface area contributed by atoms with Gasteiger partial charge in [-0.25, -0.2) is 18.7 Å². The summed E-state index contributed by atoms with van der Waals surface area (Å²) in [5.74, 6) is 0.655. The first-order chi connectivity index (χ1) is 15.4. The number of nitrogens with zero attached hydrogens (tertiary/aromatic N) is 4. The molecule has 0 fully saturated rings. The van der Waals surface area contributed by atoms with Crippen LogP contribution in [0.3, 0.4) is 0 Å². The van der Waals surface area contributed by atoms with Gasteiger partial charge in [-0.05, 0) is 54.3 Å². The molecule has 0 atom stereocenters. The third kappa shape index (κ3) is 4.08. The van der Waals surface area contributed by atoms with E-state index in [0.717, 1.165) is 11.3 Å². The normalized spacial score (nSPS) is 11.4. The SMILES string of the molecule is COc1ccc(Cn2cnc3c2c(=O)n(CCC(C)C)c(=O)n3-c2ccc(F)cc2)cc1. The number of fused-ring (bicyclic) bond motifs is 1. The molecule has 0 aliphatic rings. The predicted molar refractivity (Wildman–Crippen MR) is 121 cm³/mol. The Morgan fingerprint density at radius 3 is 2.34 bits per heavy atom. The van der Waals surface area contributed by atoms with Crippen LogP contribution >= 0.6 is 0 Å². The van der Waals surface area contributed by atoms with Crippen molar-refractivity contribution in [3.05, 3.63) is 87.1 Å². The van der Waals surface area contributed by atoms with Gasteiger partial charge in [-0.1, -0.05) is 26.0 Å². The summed E-state index contributed by atoms with van der Waals surface area (Å²) in [5, 5.41) is 0. The fourth-order valence-corrected chi connectivity index (χ4v) is 3.63. The Labute approximate surface area is 184 Å². The Bertz CT molecular complexity index is 1350. The summed E-state index contributed by atoms with van der Waals surface area (Å²) >= 11 is 0. The number of methoxy groups -OCH3 is 1. The van der Waals surface area contributed by atoms with Crippen LogP contribution in [0.2, 0.25) is 0 Å². The number of halogens is 1. The van der Waals surface area contributed by atoms with E-state index in [1.54, 1.807) is 18.0 Å². The molecular formula is C24H25FN4O3. The fourth-order valence-electron chi connectivity index (χ4n) is 3.63. The maximum Gasteiger partial charge on any atom is 0.337 e. The highest BCUT2D eigenvalue weighted by atomic mass is 19.1. The Morgan fingerprint density at radius 1 is 1.03 bits per heavy atom. The fraction of sp³-hybridized carbons (Fsp3) is 0.292. The average molecular weight is 436 g/mol. The van der Waals surface area contributed by atoms with E-state index in [2.05, 4.69) is 4.98 Å².